The molecule has 0 radical (unpaired) electrons. The fourth-order valence-corrected chi connectivity index (χ4v) is 4.25. The molecule has 1 aliphatic rings. The van der Waals surface area contributed by atoms with Gasteiger partial charge in [-0.05, 0) is 55.0 Å². The molecule has 3 rings (SSSR count). The molecule has 2 N–H and O–H groups in total. The van der Waals surface area contributed by atoms with Gasteiger partial charge in [-0.25, -0.2) is 0 Å². The summed E-state index contributed by atoms with van der Waals surface area (Å²) < 4.78 is 5.81. The average Bonchev–Trinajstić information content (AvgIpc) is 2.74. The summed E-state index contributed by atoms with van der Waals surface area (Å²) in [5.74, 6) is -2.11. The number of aliphatic carboxylic acids is 2. The molecule has 3 atom stereocenters. The molecule has 0 bridgehead atoms. The van der Waals surface area contributed by atoms with Crippen molar-refractivity contribution < 1.29 is 29.3 Å². The van der Waals surface area contributed by atoms with Crippen molar-refractivity contribution in [2.75, 3.05) is 6.54 Å². The molecular weight excluding hydrogens is 410 g/mol. The molecule has 1 fully saturated rings. The molecule has 0 aliphatic heterocycles. The van der Waals surface area contributed by atoms with Crippen LogP contribution in [0.3, 0.4) is 0 Å². The van der Waals surface area contributed by atoms with Gasteiger partial charge in [0.25, 0.3) is 0 Å². The highest BCUT2D eigenvalue weighted by Gasteiger charge is 2.49. The summed E-state index contributed by atoms with van der Waals surface area (Å²) in [5.41, 5.74) is 0.948. The van der Waals surface area contributed by atoms with Crippen LogP contribution in [0, 0.1) is 17.8 Å². The Bertz CT molecular complexity index is 927. The zero-order valence-electron chi connectivity index (χ0n) is 18.1. The van der Waals surface area contributed by atoms with Crippen LogP contribution in [0.25, 0.3) is 0 Å². The van der Waals surface area contributed by atoms with Gasteiger partial charge in [0, 0.05) is 25.4 Å². The van der Waals surface area contributed by atoms with Gasteiger partial charge < -0.3 is 19.8 Å². The maximum absolute atomic E-state index is 13.2. The van der Waals surface area contributed by atoms with Gasteiger partial charge in [0.15, 0.2) is 0 Å². The van der Waals surface area contributed by atoms with Crippen molar-refractivity contribution in [3.8, 4) is 11.5 Å². The molecule has 32 heavy (non-hydrogen) atoms. The molecule has 170 valence electrons. The standard InChI is InChI=1S/C25H29NO6/c1-2-14-26(24(29)21-15-22(25(30)31)20(21)12-13-23(27)28)16-17-8-10-19(11-9-17)32-18-6-4-3-5-7-18/h3-11,20-22H,2,12-16H2,1H3,(H,27,28)(H,30,31). The molecule has 0 spiro atoms. The van der Waals surface area contributed by atoms with Gasteiger partial charge in [-0.3, -0.25) is 14.4 Å². The second-order valence-electron chi connectivity index (χ2n) is 8.20. The first-order valence-electron chi connectivity index (χ1n) is 10.9. The number of carboxylic acids is 2. The first-order valence-corrected chi connectivity index (χ1v) is 10.9. The number of carbonyl (C=O) groups is 3. The van der Waals surface area contributed by atoms with Gasteiger partial charge >= 0.3 is 11.9 Å². The van der Waals surface area contributed by atoms with E-state index in [1.54, 1.807) is 4.90 Å². The highest BCUT2D eigenvalue weighted by Crippen LogP contribution is 2.44. The predicted molar refractivity (Wildman–Crippen MR) is 118 cm³/mol. The number of benzene rings is 2. The van der Waals surface area contributed by atoms with E-state index in [1.807, 2.05) is 61.5 Å². The van der Waals surface area contributed by atoms with Crippen LogP contribution in [0.1, 0.15) is 38.2 Å². The summed E-state index contributed by atoms with van der Waals surface area (Å²) in [4.78, 5) is 37.4. The second-order valence-corrected chi connectivity index (χ2v) is 8.20. The fourth-order valence-electron chi connectivity index (χ4n) is 4.25. The highest BCUT2D eigenvalue weighted by atomic mass is 16.5. The van der Waals surface area contributed by atoms with E-state index < -0.39 is 29.7 Å². The zero-order chi connectivity index (χ0) is 23.1. The van der Waals surface area contributed by atoms with Crippen LogP contribution >= 0.6 is 0 Å². The Morgan fingerprint density at radius 1 is 0.969 bits per heavy atom. The number of hydrogen-bond acceptors (Lipinski definition) is 4. The minimum Gasteiger partial charge on any atom is -0.481 e. The zero-order valence-corrected chi connectivity index (χ0v) is 18.1. The SMILES string of the molecule is CCCN(Cc1ccc(Oc2ccccc2)cc1)C(=O)C1CC(C(=O)O)C1CCC(=O)O. The van der Waals surface area contributed by atoms with Gasteiger partial charge in [0.1, 0.15) is 11.5 Å². The molecule has 0 heterocycles. The quantitative estimate of drug-likeness (QED) is 0.537. The molecule has 3 unspecified atom stereocenters. The molecule has 0 aromatic heterocycles. The van der Waals surface area contributed by atoms with Gasteiger partial charge in [-0.2, -0.15) is 0 Å². The maximum atomic E-state index is 13.2. The van der Waals surface area contributed by atoms with Crippen LogP contribution in [-0.4, -0.2) is 39.5 Å². The van der Waals surface area contributed by atoms with E-state index in [4.69, 9.17) is 9.84 Å². The summed E-state index contributed by atoms with van der Waals surface area (Å²) >= 11 is 0. The van der Waals surface area contributed by atoms with Crippen molar-refractivity contribution in [3.63, 3.8) is 0 Å². The van der Waals surface area contributed by atoms with Crippen molar-refractivity contribution >= 4 is 17.8 Å². The van der Waals surface area contributed by atoms with E-state index in [-0.39, 0.29) is 25.2 Å². The number of ether oxygens (including phenoxy) is 1. The third-order valence-electron chi connectivity index (χ3n) is 5.95. The molecule has 7 heteroatoms. The number of para-hydroxylation sites is 1. The normalized spacial score (nSPS) is 19.6. The largest absolute Gasteiger partial charge is 0.481 e. The van der Waals surface area contributed by atoms with Crippen molar-refractivity contribution in [3.05, 3.63) is 60.2 Å². The van der Waals surface area contributed by atoms with E-state index in [1.165, 1.54) is 0 Å². The first kappa shape index (κ1) is 23.3. The smallest absolute Gasteiger partial charge is 0.306 e. The van der Waals surface area contributed by atoms with E-state index in [9.17, 15) is 19.5 Å². The van der Waals surface area contributed by atoms with Crippen LogP contribution in [-0.2, 0) is 20.9 Å². The number of amides is 1. The Balaban J connectivity index is 1.65. The van der Waals surface area contributed by atoms with Gasteiger partial charge in [-0.1, -0.05) is 37.3 Å². The third kappa shape index (κ3) is 5.87. The third-order valence-corrected chi connectivity index (χ3v) is 5.95. The summed E-state index contributed by atoms with van der Waals surface area (Å²) in [6, 6.07) is 17.0. The Morgan fingerprint density at radius 3 is 2.22 bits per heavy atom. The lowest BCUT2D eigenvalue weighted by molar-refractivity contribution is -0.160. The minimum absolute atomic E-state index is 0.0932. The lowest BCUT2D eigenvalue weighted by Crippen LogP contribution is -2.50. The van der Waals surface area contributed by atoms with Crippen LogP contribution in [0.4, 0.5) is 0 Å². The molecule has 2 aromatic carbocycles. The molecule has 1 aliphatic carbocycles. The number of carbonyl (C=O) groups excluding carboxylic acids is 1. The average molecular weight is 440 g/mol. The molecule has 1 amide bonds. The van der Waals surface area contributed by atoms with E-state index in [0.717, 1.165) is 17.7 Å². The number of nitrogens with zero attached hydrogens (tertiary/aromatic N) is 1. The van der Waals surface area contributed by atoms with Crippen LogP contribution < -0.4 is 4.74 Å². The summed E-state index contributed by atoms with van der Waals surface area (Å²) in [7, 11) is 0. The van der Waals surface area contributed by atoms with Crippen molar-refractivity contribution in [1.82, 2.24) is 4.90 Å². The molecular formula is C25H29NO6. The van der Waals surface area contributed by atoms with Crippen molar-refractivity contribution in [2.24, 2.45) is 17.8 Å². The number of hydrogen-bond donors (Lipinski definition) is 2. The Labute approximate surface area is 187 Å². The predicted octanol–water partition coefficient (Wildman–Crippen LogP) is 4.42. The lowest BCUT2D eigenvalue weighted by atomic mass is 9.62. The summed E-state index contributed by atoms with van der Waals surface area (Å²) in [6.45, 7) is 2.96. The van der Waals surface area contributed by atoms with Crippen LogP contribution in [0.2, 0.25) is 0 Å². The van der Waals surface area contributed by atoms with Crippen molar-refractivity contribution in [1.29, 1.82) is 0 Å². The van der Waals surface area contributed by atoms with Gasteiger partial charge in [0.2, 0.25) is 5.91 Å². The van der Waals surface area contributed by atoms with E-state index in [0.29, 0.717) is 18.8 Å². The van der Waals surface area contributed by atoms with E-state index in [2.05, 4.69) is 0 Å². The lowest BCUT2D eigenvalue weighted by Gasteiger charge is -2.43. The monoisotopic (exact) mass is 439 g/mol. The Kier molecular flexibility index (Phi) is 7.87. The highest BCUT2D eigenvalue weighted by molar-refractivity contribution is 5.84. The topological polar surface area (TPSA) is 104 Å². The van der Waals surface area contributed by atoms with Crippen LogP contribution in [0.15, 0.2) is 54.6 Å². The molecule has 7 nitrogen and oxygen atoms in total. The molecule has 0 saturated heterocycles. The molecule has 1 saturated carbocycles. The number of rotatable bonds is 11. The Hall–Kier alpha value is -3.35. The summed E-state index contributed by atoms with van der Waals surface area (Å²) in [6.07, 6.45) is 1.11. The van der Waals surface area contributed by atoms with Gasteiger partial charge in [-0.15, -0.1) is 0 Å². The maximum Gasteiger partial charge on any atom is 0.306 e. The summed E-state index contributed by atoms with van der Waals surface area (Å²) in [5, 5.41) is 18.4. The Morgan fingerprint density at radius 2 is 1.62 bits per heavy atom. The number of carboxylic acid groups (broad SMARTS) is 2. The van der Waals surface area contributed by atoms with Crippen LogP contribution in [0.5, 0.6) is 11.5 Å². The van der Waals surface area contributed by atoms with Crippen molar-refractivity contribution in [2.45, 2.75) is 39.2 Å². The molecule has 2 aromatic rings. The first-order chi connectivity index (χ1) is 15.4. The second kappa shape index (κ2) is 10.8. The van der Waals surface area contributed by atoms with Gasteiger partial charge in [0.05, 0.1) is 5.92 Å². The minimum atomic E-state index is -0.976. The van der Waals surface area contributed by atoms with E-state index >= 15 is 0 Å². The fraction of sp³-hybridized carbons (Fsp3) is 0.400.